The fourth-order valence-corrected chi connectivity index (χ4v) is 1.77. The maximum atomic E-state index is 11.2. The number of imide groups is 1. The molecular formula is C9H10ClN5O2. The topological polar surface area (TPSA) is 101 Å². The van der Waals surface area contributed by atoms with Gasteiger partial charge in [-0.25, -0.2) is 4.98 Å². The van der Waals surface area contributed by atoms with Gasteiger partial charge in [0.05, 0.1) is 24.5 Å². The summed E-state index contributed by atoms with van der Waals surface area (Å²) >= 11 is 5.72. The van der Waals surface area contributed by atoms with E-state index in [0.29, 0.717) is 17.2 Å². The second-order valence-corrected chi connectivity index (χ2v) is 3.98. The molecule has 1 fully saturated rings. The van der Waals surface area contributed by atoms with Gasteiger partial charge in [0.25, 0.3) is 0 Å². The Bertz CT molecular complexity index is 488. The number of anilines is 2. The number of nitrogens with one attached hydrogen (secondary N) is 1. The van der Waals surface area contributed by atoms with Crippen molar-refractivity contribution in [1.29, 1.82) is 0 Å². The first-order valence-electron chi connectivity index (χ1n) is 4.84. The van der Waals surface area contributed by atoms with Crippen LogP contribution in [0.5, 0.6) is 0 Å². The molecule has 0 spiro atoms. The average molecular weight is 256 g/mol. The van der Waals surface area contributed by atoms with Gasteiger partial charge in [-0.05, 0) is 18.5 Å². The molecule has 0 aliphatic carbocycles. The molecule has 7 nitrogen and oxygen atoms in total. The molecule has 0 bridgehead atoms. The third kappa shape index (κ3) is 2.28. The first-order valence-corrected chi connectivity index (χ1v) is 5.22. The number of hydrogen-bond acceptors (Lipinski definition) is 6. The van der Waals surface area contributed by atoms with Crippen molar-refractivity contribution in [3.8, 4) is 0 Å². The lowest BCUT2D eigenvalue weighted by Gasteiger charge is -2.27. The van der Waals surface area contributed by atoms with Gasteiger partial charge < -0.3 is 10.6 Å². The first-order chi connectivity index (χ1) is 7.97. The molecule has 0 radical (unpaired) electrons. The van der Waals surface area contributed by atoms with E-state index in [1.165, 1.54) is 4.90 Å². The predicted molar refractivity (Wildman–Crippen MR) is 61.6 cm³/mol. The Balaban J connectivity index is 2.39. The molecule has 8 heteroatoms. The number of hydrogen-bond donors (Lipinski definition) is 2. The normalized spacial score (nSPS) is 16.0. The first kappa shape index (κ1) is 11.6. The monoisotopic (exact) mass is 255 g/mol. The Morgan fingerprint density at radius 2 is 1.88 bits per heavy atom. The highest BCUT2D eigenvalue weighted by Crippen LogP contribution is 2.24. The van der Waals surface area contributed by atoms with Gasteiger partial charge in [0.15, 0.2) is 5.82 Å². The molecule has 90 valence electrons. The third-order valence-corrected chi connectivity index (χ3v) is 2.51. The van der Waals surface area contributed by atoms with E-state index in [4.69, 9.17) is 17.3 Å². The zero-order valence-corrected chi connectivity index (χ0v) is 9.78. The zero-order chi connectivity index (χ0) is 12.6. The number of rotatable bonds is 1. The van der Waals surface area contributed by atoms with Crippen LogP contribution in [0.4, 0.5) is 11.5 Å². The van der Waals surface area contributed by atoms with Crippen molar-refractivity contribution in [1.82, 2.24) is 15.3 Å². The van der Waals surface area contributed by atoms with Crippen LogP contribution in [0.2, 0.25) is 5.28 Å². The standard InChI is InChI=1S/C9H10ClN5O2/c1-4-7(11)8(14-9(10)12-4)15-2-5(16)13-6(17)3-15/h2-3,11H2,1H3,(H,13,16,17). The predicted octanol–water partition coefficient (Wildman–Crippen LogP) is -0.517. The van der Waals surface area contributed by atoms with Crippen molar-refractivity contribution in [3.63, 3.8) is 0 Å². The minimum absolute atomic E-state index is 0.0166. The zero-order valence-electron chi connectivity index (χ0n) is 9.03. The summed E-state index contributed by atoms with van der Waals surface area (Å²) in [5, 5.41) is 2.22. The fraction of sp³-hybridized carbons (Fsp3) is 0.333. The Labute approximate surface area is 102 Å². The maximum absolute atomic E-state index is 11.2. The molecule has 2 amide bonds. The lowest BCUT2D eigenvalue weighted by atomic mass is 10.3. The van der Waals surface area contributed by atoms with Gasteiger partial charge in [-0.1, -0.05) is 0 Å². The number of carbonyl (C=O) groups excluding carboxylic acids is 2. The van der Waals surface area contributed by atoms with Gasteiger partial charge in [0.1, 0.15) is 0 Å². The van der Waals surface area contributed by atoms with Gasteiger partial charge in [0.2, 0.25) is 17.1 Å². The van der Waals surface area contributed by atoms with E-state index in [1.807, 2.05) is 0 Å². The van der Waals surface area contributed by atoms with E-state index in [-0.39, 0.29) is 18.4 Å². The molecule has 2 rings (SSSR count). The van der Waals surface area contributed by atoms with Crippen molar-refractivity contribution in [2.24, 2.45) is 0 Å². The molecule has 1 aliphatic rings. The summed E-state index contributed by atoms with van der Waals surface area (Å²) in [5.74, 6) is -0.480. The van der Waals surface area contributed by atoms with E-state index < -0.39 is 11.8 Å². The van der Waals surface area contributed by atoms with Crippen LogP contribution >= 0.6 is 11.6 Å². The number of piperazine rings is 1. The highest BCUT2D eigenvalue weighted by molar-refractivity contribution is 6.28. The Morgan fingerprint density at radius 1 is 1.29 bits per heavy atom. The van der Waals surface area contributed by atoms with Crippen molar-refractivity contribution in [2.45, 2.75) is 6.92 Å². The van der Waals surface area contributed by atoms with E-state index in [9.17, 15) is 9.59 Å². The summed E-state index contributed by atoms with van der Waals surface area (Å²) in [5.41, 5.74) is 6.63. The molecular weight excluding hydrogens is 246 g/mol. The van der Waals surface area contributed by atoms with Crippen molar-refractivity contribution >= 4 is 34.9 Å². The van der Waals surface area contributed by atoms with Crippen LogP contribution < -0.4 is 16.0 Å². The molecule has 0 unspecified atom stereocenters. The van der Waals surface area contributed by atoms with E-state index in [0.717, 1.165) is 0 Å². The van der Waals surface area contributed by atoms with E-state index in [2.05, 4.69) is 15.3 Å². The largest absolute Gasteiger partial charge is 0.394 e. The molecule has 2 heterocycles. The number of aromatic nitrogens is 2. The smallest absolute Gasteiger partial charge is 0.246 e. The Morgan fingerprint density at radius 3 is 2.47 bits per heavy atom. The number of amides is 2. The van der Waals surface area contributed by atoms with Gasteiger partial charge in [-0.15, -0.1) is 0 Å². The Hall–Kier alpha value is -1.89. The van der Waals surface area contributed by atoms with Gasteiger partial charge >= 0.3 is 0 Å². The Kier molecular flexibility index (Phi) is 2.84. The second-order valence-electron chi connectivity index (χ2n) is 3.64. The summed E-state index contributed by atoms with van der Waals surface area (Å²) in [6.45, 7) is 1.71. The third-order valence-electron chi connectivity index (χ3n) is 2.34. The van der Waals surface area contributed by atoms with Crippen molar-refractivity contribution < 1.29 is 9.59 Å². The number of halogens is 1. The van der Waals surface area contributed by atoms with Crippen LogP contribution in [0.15, 0.2) is 0 Å². The van der Waals surface area contributed by atoms with Crippen LogP contribution in [0.3, 0.4) is 0 Å². The molecule has 1 aliphatic heterocycles. The molecule has 0 saturated carbocycles. The quantitative estimate of drug-likeness (QED) is 0.517. The van der Waals surface area contributed by atoms with E-state index in [1.54, 1.807) is 6.92 Å². The van der Waals surface area contributed by atoms with Crippen LogP contribution in [-0.4, -0.2) is 34.9 Å². The van der Waals surface area contributed by atoms with Gasteiger partial charge in [0, 0.05) is 0 Å². The van der Waals surface area contributed by atoms with Crippen molar-refractivity contribution in [3.05, 3.63) is 11.0 Å². The second kappa shape index (κ2) is 4.17. The fourth-order valence-electron chi connectivity index (χ4n) is 1.56. The van der Waals surface area contributed by atoms with Crippen LogP contribution in [0.25, 0.3) is 0 Å². The number of nitrogens with zero attached hydrogens (tertiary/aromatic N) is 3. The van der Waals surface area contributed by atoms with Crippen LogP contribution in [0, 0.1) is 6.92 Å². The molecule has 1 aromatic heterocycles. The van der Waals surface area contributed by atoms with Crippen LogP contribution in [-0.2, 0) is 9.59 Å². The minimum atomic E-state index is -0.395. The average Bonchev–Trinajstić information content (AvgIpc) is 2.22. The molecule has 1 saturated heterocycles. The molecule has 0 aromatic carbocycles. The summed E-state index contributed by atoms with van der Waals surface area (Å²) in [6.07, 6.45) is 0. The van der Waals surface area contributed by atoms with Gasteiger partial charge in [-0.3, -0.25) is 14.9 Å². The number of nitrogens with two attached hydrogens (primary N) is 1. The number of carbonyl (C=O) groups is 2. The minimum Gasteiger partial charge on any atom is -0.394 e. The van der Waals surface area contributed by atoms with Crippen LogP contribution in [0.1, 0.15) is 5.69 Å². The lowest BCUT2D eigenvalue weighted by Crippen LogP contribution is -2.52. The molecule has 0 atom stereocenters. The van der Waals surface area contributed by atoms with Gasteiger partial charge in [-0.2, -0.15) is 4.98 Å². The maximum Gasteiger partial charge on any atom is 0.246 e. The summed E-state index contributed by atoms with van der Waals surface area (Å²) in [7, 11) is 0. The summed E-state index contributed by atoms with van der Waals surface area (Å²) in [6, 6.07) is 0. The highest BCUT2D eigenvalue weighted by atomic mass is 35.5. The molecule has 1 aromatic rings. The van der Waals surface area contributed by atoms with E-state index >= 15 is 0 Å². The summed E-state index contributed by atoms with van der Waals surface area (Å²) in [4.78, 5) is 31.8. The molecule has 17 heavy (non-hydrogen) atoms. The highest BCUT2D eigenvalue weighted by Gasteiger charge is 2.25. The van der Waals surface area contributed by atoms with Crippen molar-refractivity contribution in [2.75, 3.05) is 23.7 Å². The molecule has 3 N–H and O–H groups in total. The SMILES string of the molecule is Cc1nc(Cl)nc(N2CC(=O)NC(=O)C2)c1N. The lowest BCUT2D eigenvalue weighted by molar-refractivity contribution is -0.130. The number of aryl methyl sites for hydroxylation is 1. The summed E-state index contributed by atoms with van der Waals surface area (Å²) < 4.78 is 0. The number of nitrogen functional groups attached to an aromatic ring is 1.